The summed E-state index contributed by atoms with van der Waals surface area (Å²) in [6.45, 7) is 16.7. The average molecular weight is 341 g/mol. The van der Waals surface area contributed by atoms with E-state index in [4.69, 9.17) is 0 Å². The highest BCUT2D eigenvalue weighted by atomic mass is 14.6. The van der Waals surface area contributed by atoms with E-state index in [2.05, 4.69) is 50.6 Å². The Morgan fingerprint density at radius 1 is 0.760 bits per heavy atom. The van der Waals surface area contributed by atoms with E-state index >= 15 is 0 Å². The predicted molar refractivity (Wildman–Crippen MR) is 113 cm³/mol. The fraction of sp³-hybridized carbons (Fsp3) is 0.680. The van der Waals surface area contributed by atoms with Crippen LogP contribution < -0.4 is 0 Å². The van der Waals surface area contributed by atoms with Gasteiger partial charge in [0.25, 0.3) is 0 Å². The largest absolute Gasteiger partial charge is 0.103 e. The van der Waals surface area contributed by atoms with Gasteiger partial charge >= 0.3 is 0 Å². The van der Waals surface area contributed by atoms with Crippen molar-refractivity contribution in [3.8, 4) is 0 Å². The number of rotatable bonds is 10. The molecule has 2 atom stereocenters. The molecular formula is C25H40. The molecule has 2 aliphatic carbocycles. The molecule has 0 radical (unpaired) electrons. The molecule has 2 fully saturated rings. The Balaban J connectivity index is 2.57. The second-order valence-electron chi connectivity index (χ2n) is 8.59. The summed E-state index contributed by atoms with van der Waals surface area (Å²) in [6, 6.07) is 0. The summed E-state index contributed by atoms with van der Waals surface area (Å²) in [5, 5.41) is 0. The van der Waals surface area contributed by atoms with Crippen molar-refractivity contribution in [2.45, 2.75) is 83.5 Å². The molecule has 0 bridgehead atoms. The Kier molecular flexibility index (Phi) is 7.79. The smallest absolute Gasteiger partial charge is 0.0138 e. The van der Waals surface area contributed by atoms with Crippen molar-refractivity contribution >= 4 is 0 Å². The van der Waals surface area contributed by atoms with Gasteiger partial charge in [-0.1, -0.05) is 56.4 Å². The zero-order chi connectivity index (χ0) is 18.2. The van der Waals surface area contributed by atoms with E-state index in [0.717, 1.165) is 37.5 Å². The summed E-state index contributed by atoms with van der Waals surface area (Å²) in [7, 11) is 0. The van der Waals surface area contributed by atoms with Gasteiger partial charge in [-0.25, -0.2) is 0 Å². The van der Waals surface area contributed by atoms with E-state index < -0.39 is 0 Å². The number of hydrogen-bond donors (Lipinski definition) is 0. The van der Waals surface area contributed by atoms with E-state index in [1.165, 1.54) is 57.8 Å². The van der Waals surface area contributed by atoms with Crippen molar-refractivity contribution in [1.29, 1.82) is 0 Å². The molecule has 0 saturated heterocycles. The number of allylic oxidation sites excluding steroid dienone is 4. The zero-order valence-corrected chi connectivity index (χ0v) is 16.5. The van der Waals surface area contributed by atoms with Gasteiger partial charge in [-0.15, -0.1) is 26.3 Å². The third kappa shape index (κ3) is 3.88. The van der Waals surface area contributed by atoms with Gasteiger partial charge in [-0.05, 0) is 74.0 Å². The summed E-state index contributed by atoms with van der Waals surface area (Å²) in [4.78, 5) is 0. The summed E-state index contributed by atoms with van der Waals surface area (Å²) in [6.07, 6.45) is 25.8. The molecule has 2 aliphatic rings. The maximum Gasteiger partial charge on any atom is -0.0138 e. The Morgan fingerprint density at radius 3 is 1.96 bits per heavy atom. The van der Waals surface area contributed by atoms with Gasteiger partial charge in [0.15, 0.2) is 0 Å². The van der Waals surface area contributed by atoms with Gasteiger partial charge in [0, 0.05) is 0 Å². The molecule has 2 unspecified atom stereocenters. The SMILES string of the molecule is C=CCC1CCCCC1(CC=C)C(CC=C)(CC=C)C1CCCCC1. The van der Waals surface area contributed by atoms with Gasteiger partial charge in [0.1, 0.15) is 0 Å². The molecule has 2 rings (SSSR count). The maximum atomic E-state index is 4.20. The van der Waals surface area contributed by atoms with Crippen molar-refractivity contribution in [3.05, 3.63) is 50.6 Å². The quantitative estimate of drug-likeness (QED) is 0.353. The zero-order valence-electron chi connectivity index (χ0n) is 16.5. The third-order valence-electron chi connectivity index (χ3n) is 7.56. The van der Waals surface area contributed by atoms with Crippen LogP contribution in [-0.4, -0.2) is 0 Å². The van der Waals surface area contributed by atoms with Crippen LogP contribution in [0.4, 0.5) is 0 Å². The molecule has 0 spiro atoms. The van der Waals surface area contributed by atoms with Crippen LogP contribution in [0, 0.1) is 22.7 Å². The Labute approximate surface area is 157 Å². The lowest BCUT2D eigenvalue weighted by Gasteiger charge is -2.61. The molecule has 0 nitrogen and oxygen atoms in total. The Hall–Kier alpha value is -1.04. The first-order chi connectivity index (χ1) is 12.2. The van der Waals surface area contributed by atoms with Crippen LogP contribution in [0.2, 0.25) is 0 Å². The fourth-order valence-electron chi connectivity index (χ4n) is 6.64. The minimum Gasteiger partial charge on any atom is -0.103 e. The molecular weight excluding hydrogens is 300 g/mol. The minimum absolute atomic E-state index is 0.305. The molecule has 0 aliphatic heterocycles. The minimum atomic E-state index is 0.305. The van der Waals surface area contributed by atoms with Gasteiger partial charge < -0.3 is 0 Å². The van der Waals surface area contributed by atoms with Crippen molar-refractivity contribution < 1.29 is 0 Å². The first-order valence-electron chi connectivity index (χ1n) is 10.6. The van der Waals surface area contributed by atoms with Crippen LogP contribution in [-0.2, 0) is 0 Å². The summed E-state index contributed by atoms with van der Waals surface area (Å²) in [5.74, 6) is 1.54. The highest BCUT2D eigenvalue weighted by molar-refractivity contribution is 5.12. The monoisotopic (exact) mass is 340 g/mol. The molecule has 0 aromatic rings. The van der Waals surface area contributed by atoms with E-state index in [1.807, 2.05) is 0 Å². The van der Waals surface area contributed by atoms with Crippen LogP contribution >= 0.6 is 0 Å². The standard InChI is InChI=1S/C25H40/c1-5-14-22-17-12-13-21-25(22,20-8-4)24(18-6-2,19-7-3)23-15-10-9-11-16-23/h5-8,22-23H,1-4,9-21H2. The van der Waals surface area contributed by atoms with Gasteiger partial charge in [-0.3, -0.25) is 0 Å². The molecule has 0 amide bonds. The highest BCUT2D eigenvalue weighted by Crippen LogP contribution is 2.65. The first kappa shape index (κ1) is 20.3. The lowest BCUT2D eigenvalue weighted by molar-refractivity contribution is -0.0979. The van der Waals surface area contributed by atoms with Crippen LogP contribution in [0.1, 0.15) is 83.5 Å². The second-order valence-corrected chi connectivity index (χ2v) is 8.59. The molecule has 0 aromatic carbocycles. The number of hydrogen-bond acceptors (Lipinski definition) is 0. The van der Waals surface area contributed by atoms with E-state index in [0.29, 0.717) is 10.8 Å². The highest BCUT2D eigenvalue weighted by Gasteiger charge is 2.56. The topological polar surface area (TPSA) is 0 Å². The van der Waals surface area contributed by atoms with Crippen LogP contribution in [0.25, 0.3) is 0 Å². The first-order valence-corrected chi connectivity index (χ1v) is 10.6. The third-order valence-corrected chi connectivity index (χ3v) is 7.56. The fourth-order valence-corrected chi connectivity index (χ4v) is 6.64. The predicted octanol–water partition coefficient (Wildman–Crippen LogP) is 8.03. The molecule has 25 heavy (non-hydrogen) atoms. The molecule has 0 N–H and O–H groups in total. The van der Waals surface area contributed by atoms with E-state index in [1.54, 1.807) is 0 Å². The molecule has 140 valence electrons. The molecule has 0 heterocycles. The normalized spacial score (nSPS) is 28.2. The van der Waals surface area contributed by atoms with Gasteiger partial charge in [0.2, 0.25) is 0 Å². The summed E-state index contributed by atoms with van der Waals surface area (Å²) in [5.41, 5.74) is 0.644. The van der Waals surface area contributed by atoms with Crippen LogP contribution in [0.15, 0.2) is 50.6 Å². The van der Waals surface area contributed by atoms with Crippen molar-refractivity contribution in [2.24, 2.45) is 22.7 Å². The van der Waals surface area contributed by atoms with E-state index in [-0.39, 0.29) is 0 Å². The second kappa shape index (κ2) is 9.60. The van der Waals surface area contributed by atoms with Gasteiger partial charge in [0.05, 0.1) is 0 Å². The molecule has 0 heteroatoms. The lowest BCUT2D eigenvalue weighted by Crippen LogP contribution is -2.52. The van der Waals surface area contributed by atoms with Crippen molar-refractivity contribution in [3.63, 3.8) is 0 Å². The van der Waals surface area contributed by atoms with E-state index in [9.17, 15) is 0 Å². The summed E-state index contributed by atoms with van der Waals surface area (Å²) >= 11 is 0. The average Bonchev–Trinajstić information content (AvgIpc) is 2.64. The maximum absolute atomic E-state index is 4.20. The Morgan fingerprint density at radius 2 is 1.40 bits per heavy atom. The lowest BCUT2D eigenvalue weighted by atomic mass is 9.44. The summed E-state index contributed by atoms with van der Waals surface area (Å²) < 4.78 is 0. The molecule has 2 saturated carbocycles. The van der Waals surface area contributed by atoms with Gasteiger partial charge in [-0.2, -0.15) is 0 Å². The Bertz CT molecular complexity index is 441. The van der Waals surface area contributed by atoms with Crippen LogP contribution in [0.5, 0.6) is 0 Å². The molecule has 0 aromatic heterocycles. The van der Waals surface area contributed by atoms with Crippen LogP contribution in [0.3, 0.4) is 0 Å². The van der Waals surface area contributed by atoms with Crippen molar-refractivity contribution in [1.82, 2.24) is 0 Å². The van der Waals surface area contributed by atoms with Crippen molar-refractivity contribution in [2.75, 3.05) is 0 Å².